The summed E-state index contributed by atoms with van der Waals surface area (Å²) in [5, 5.41) is 11.5. The summed E-state index contributed by atoms with van der Waals surface area (Å²) in [5.41, 5.74) is -1.81. The number of benzene rings is 1. The average molecular weight is 456 g/mol. The van der Waals surface area contributed by atoms with Gasteiger partial charge in [-0.2, -0.15) is 13.2 Å². The zero-order chi connectivity index (χ0) is 23.1. The first kappa shape index (κ1) is 21.8. The molecule has 7 nitrogen and oxygen atoms in total. The Kier molecular flexibility index (Phi) is 5.41. The number of hydrogen-bond acceptors (Lipinski definition) is 6. The number of aromatic nitrogens is 2. The number of aromatic amines is 1. The van der Waals surface area contributed by atoms with Crippen molar-refractivity contribution >= 4 is 22.7 Å². The highest BCUT2D eigenvalue weighted by atomic mass is 19.4. The summed E-state index contributed by atoms with van der Waals surface area (Å²) < 4.78 is 79.7. The number of H-pyrrole nitrogens is 1. The second-order valence-corrected chi connectivity index (χ2v) is 7.61. The molecule has 0 bridgehead atoms. The third-order valence-electron chi connectivity index (χ3n) is 4.85. The maximum absolute atomic E-state index is 14.6. The van der Waals surface area contributed by atoms with Crippen LogP contribution in [0.15, 0.2) is 35.6 Å². The second-order valence-electron chi connectivity index (χ2n) is 7.61. The zero-order valence-corrected chi connectivity index (χ0v) is 16.6. The van der Waals surface area contributed by atoms with E-state index in [4.69, 9.17) is 9.47 Å². The molecule has 1 aromatic carbocycles. The van der Waals surface area contributed by atoms with Crippen LogP contribution < -0.4 is 10.1 Å². The largest absolute Gasteiger partial charge is 0.464 e. The summed E-state index contributed by atoms with van der Waals surface area (Å²) in [7, 11) is 0. The van der Waals surface area contributed by atoms with Gasteiger partial charge in [0.1, 0.15) is 18.0 Å². The van der Waals surface area contributed by atoms with E-state index in [1.807, 2.05) is 0 Å². The number of rotatable bonds is 4. The fourth-order valence-electron chi connectivity index (χ4n) is 3.07. The smallest absolute Gasteiger partial charge is 0.418 e. The van der Waals surface area contributed by atoms with E-state index >= 15 is 0 Å². The normalized spacial score (nSPS) is 18.9. The monoisotopic (exact) mass is 456 g/mol. The number of aliphatic hydroxyl groups is 1. The number of nitrogens with zero attached hydrogens (tertiary/aromatic N) is 2. The van der Waals surface area contributed by atoms with Crippen LogP contribution >= 0.6 is 0 Å². The lowest BCUT2D eigenvalue weighted by Crippen LogP contribution is -2.38. The van der Waals surface area contributed by atoms with E-state index in [9.17, 15) is 27.1 Å². The Morgan fingerprint density at radius 2 is 2.00 bits per heavy atom. The van der Waals surface area contributed by atoms with Crippen molar-refractivity contribution in [3.05, 3.63) is 47.8 Å². The molecule has 2 aromatic heterocycles. The maximum Gasteiger partial charge on any atom is 0.418 e. The van der Waals surface area contributed by atoms with Crippen molar-refractivity contribution in [3.63, 3.8) is 0 Å². The van der Waals surface area contributed by atoms with E-state index in [1.54, 1.807) is 6.92 Å². The third kappa shape index (κ3) is 4.17. The van der Waals surface area contributed by atoms with Crippen LogP contribution in [0.1, 0.15) is 12.5 Å². The highest BCUT2D eigenvalue weighted by Crippen LogP contribution is 2.41. The van der Waals surface area contributed by atoms with Crippen molar-refractivity contribution in [1.82, 2.24) is 9.97 Å². The van der Waals surface area contributed by atoms with Crippen LogP contribution in [0.25, 0.3) is 11.0 Å². The number of fused-ring (bicyclic) bond motifs is 1. The van der Waals surface area contributed by atoms with E-state index in [0.717, 1.165) is 24.4 Å². The molecule has 4 rings (SSSR count). The average Bonchev–Trinajstić information content (AvgIpc) is 3.18. The molecule has 170 valence electrons. The molecule has 32 heavy (non-hydrogen) atoms. The lowest BCUT2D eigenvalue weighted by atomic mass is 9.93. The third-order valence-corrected chi connectivity index (χ3v) is 4.85. The number of hydrogen-bond donors (Lipinski definition) is 3. The Balaban J connectivity index is 1.61. The number of amidine groups is 1. The van der Waals surface area contributed by atoms with E-state index in [-0.39, 0.29) is 37.1 Å². The topological polar surface area (TPSA) is 91.8 Å². The quantitative estimate of drug-likeness (QED) is 0.505. The molecule has 1 aliphatic rings. The van der Waals surface area contributed by atoms with Crippen LogP contribution in [0.2, 0.25) is 0 Å². The van der Waals surface area contributed by atoms with Crippen molar-refractivity contribution in [1.29, 1.82) is 0 Å². The van der Waals surface area contributed by atoms with E-state index < -0.39 is 45.7 Å². The number of ether oxygens (including phenoxy) is 2. The van der Waals surface area contributed by atoms with Crippen LogP contribution in [-0.4, -0.2) is 40.9 Å². The molecule has 0 amide bonds. The summed E-state index contributed by atoms with van der Waals surface area (Å²) in [5.74, 6) is -3.60. The summed E-state index contributed by atoms with van der Waals surface area (Å²) in [6.07, 6.45) is -2.87. The van der Waals surface area contributed by atoms with E-state index in [1.165, 1.54) is 0 Å². The van der Waals surface area contributed by atoms with Crippen molar-refractivity contribution in [2.75, 3.05) is 25.1 Å². The Labute approximate surface area is 177 Å². The Bertz CT molecular complexity index is 1170. The minimum Gasteiger partial charge on any atom is -0.464 e. The molecular formula is C20H17F5N4O3. The van der Waals surface area contributed by atoms with E-state index in [0.29, 0.717) is 6.20 Å². The van der Waals surface area contributed by atoms with Crippen LogP contribution in [-0.2, 0) is 10.9 Å². The molecule has 0 saturated heterocycles. The summed E-state index contributed by atoms with van der Waals surface area (Å²) >= 11 is 0. The van der Waals surface area contributed by atoms with Crippen LogP contribution in [0, 0.1) is 17.0 Å². The van der Waals surface area contributed by atoms with Crippen molar-refractivity contribution in [2.24, 2.45) is 10.4 Å². The van der Waals surface area contributed by atoms with E-state index in [2.05, 4.69) is 20.3 Å². The van der Waals surface area contributed by atoms with Gasteiger partial charge in [-0.3, -0.25) is 0 Å². The van der Waals surface area contributed by atoms with Gasteiger partial charge in [0, 0.05) is 35.6 Å². The van der Waals surface area contributed by atoms with Gasteiger partial charge in [-0.25, -0.2) is 18.8 Å². The molecule has 1 aliphatic heterocycles. The molecule has 12 heteroatoms. The molecule has 3 aromatic rings. The number of aliphatic imine (C=N–C) groups is 1. The molecule has 0 unspecified atom stereocenters. The number of nitrogens with one attached hydrogen (secondary N) is 2. The number of aliphatic hydroxyl groups excluding tert-OH is 1. The fourth-order valence-corrected chi connectivity index (χ4v) is 3.07. The standard InChI is InChI=1S/C20H17F5N4O3/c1-19(8-30)7-28-18(31-9-19)29-10-4-12(21)16(13(22)5-10)32-14-2-3-26-17-15(14)11(6-27-17)20(23,24)25/h2-6,30H,7-9H2,1H3,(H,26,27)(H,28,29)/t19-/m1/s1. The molecule has 0 aliphatic carbocycles. The summed E-state index contributed by atoms with van der Waals surface area (Å²) in [4.78, 5) is 10.2. The Morgan fingerprint density at radius 3 is 2.59 bits per heavy atom. The molecule has 0 spiro atoms. The predicted octanol–water partition coefficient (Wildman–Crippen LogP) is 4.45. The highest BCUT2D eigenvalue weighted by Gasteiger charge is 2.35. The molecule has 0 radical (unpaired) electrons. The fraction of sp³-hybridized carbons (Fsp3) is 0.300. The van der Waals surface area contributed by atoms with Crippen molar-refractivity contribution < 1.29 is 36.5 Å². The van der Waals surface area contributed by atoms with Crippen LogP contribution in [0.4, 0.5) is 27.6 Å². The van der Waals surface area contributed by atoms with Crippen molar-refractivity contribution in [3.8, 4) is 11.5 Å². The minimum absolute atomic E-state index is 0.0152. The molecule has 0 saturated carbocycles. The van der Waals surface area contributed by atoms with Gasteiger partial charge in [0.15, 0.2) is 17.4 Å². The summed E-state index contributed by atoms with van der Waals surface area (Å²) in [6, 6.07) is 2.88. The zero-order valence-electron chi connectivity index (χ0n) is 16.6. The predicted molar refractivity (Wildman–Crippen MR) is 105 cm³/mol. The van der Waals surface area contributed by atoms with Crippen molar-refractivity contribution in [2.45, 2.75) is 13.1 Å². The maximum atomic E-state index is 14.6. The van der Waals surface area contributed by atoms with Crippen LogP contribution in [0.3, 0.4) is 0 Å². The first-order valence-corrected chi connectivity index (χ1v) is 9.35. The first-order valence-electron chi connectivity index (χ1n) is 9.35. The number of pyridine rings is 1. The number of halogens is 5. The number of alkyl halides is 3. The van der Waals surface area contributed by atoms with Gasteiger partial charge in [-0.1, -0.05) is 6.92 Å². The highest BCUT2D eigenvalue weighted by molar-refractivity contribution is 5.90. The molecule has 3 N–H and O–H groups in total. The molecule has 3 heterocycles. The van der Waals surface area contributed by atoms with Gasteiger partial charge in [-0.05, 0) is 6.07 Å². The first-order chi connectivity index (χ1) is 15.1. The Hall–Kier alpha value is -3.41. The SMILES string of the molecule is C[C@]1(CO)CN=C(Nc2cc(F)c(Oc3ccnc4[nH]cc(C(F)(F)F)c34)c(F)c2)OC1. The lowest BCUT2D eigenvalue weighted by Gasteiger charge is -2.30. The van der Waals surface area contributed by atoms with Gasteiger partial charge in [-0.15, -0.1) is 0 Å². The minimum atomic E-state index is -4.73. The lowest BCUT2D eigenvalue weighted by molar-refractivity contribution is -0.136. The Morgan fingerprint density at radius 1 is 1.28 bits per heavy atom. The van der Waals surface area contributed by atoms with Gasteiger partial charge in [0.05, 0.1) is 24.1 Å². The van der Waals surface area contributed by atoms with Gasteiger partial charge >= 0.3 is 6.18 Å². The van der Waals surface area contributed by atoms with Gasteiger partial charge in [0.2, 0.25) is 0 Å². The van der Waals surface area contributed by atoms with Crippen LogP contribution in [0.5, 0.6) is 11.5 Å². The number of anilines is 1. The summed E-state index contributed by atoms with van der Waals surface area (Å²) in [6.45, 7) is 2.02. The molecular weight excluding hydrogens is 439 g/mol. The molecule has 0 fully saturated rings. The molecule has 1 atom stereocenters. The van der Waals surface area contributed by atoms with Gasteiger partial charge in [0.25, 0.3) is 6.02 Å². The van der Waals surface area contributed by atoms with Gasteiger partial charge < -0.3 is 24.9 Å². The second kappa shape index (κ2) is 7.93.